The lowest BCUT2D eigenvalue weighted by atomic mass is 9.95. The van der Waals surface area contributed by atoms with Crippen LogP contribution in [-0.4, -0.2) is 101 Å². The van der Waals surface area contributed by atoms with Crippen molar-refractivity contribution in [2.75, 3.05) is 70.5 Å². The Labute approximate surface area is 280 Å². The Kier molecular flexibility index (Phi) is 12.7. The molecule has 3 aromatic rings. The van der Waals surface area contributed by atoms with Crippen LogP contribution >= 0.6 is 11.6 Å². The van der Waals surface area contributed by atoms with Gasteiger partial charge in [-0.15, -0.1) is 11.6 Å². The SMILES string of the molecule is CNCCCC(NC=O)C(=O)Nc1ccc(COC(=O)N(C)CCN(C)C(=O)Oc2cc3c(c4ccccc24)C(CCl)CN3C)cc1. The molecule has 0 saturated heterocycles. The summed E-state index contributed by atoms with van der Waals surface area (Å²) in [5, 5.41) is 10.2. The molecule has 47 heavy (non-hydrogen) atoms. The summed E-state index contributed by atoms with van der Waals surface area (Å²) in [5.74, 6) is 0.862. The van der Waals surface area contributed by atoms with Gasteiger partial charge in [0.1, 0.15) is 18.4 Å². The molecule has 0 fully saturated rings. The van der Waals surface area contributed by atoms with Crippen LogP contribution < -0.4 is 25.6 Å². The number of alkyl halides is 1. The Balaban J connectivity index is 1.25. The van der Waals surface area contributed by atoms with E-state index in [1.165, 1.54) is 15.4 Å². The first-order valence-corrected chi connectivity index (χ1v) is 16.1. The maximum absolute atomic E-state index is 13.1. The van der Waals surface area contributed by atoms with Gasteiger partial charge in [-0.1, -0.05) is 36.4 Å². The zero-order valence-electron chi connectivity index (χ0n) is 27.3. The molecular formula is C34H43ClN6O6. The molecule has 0 aromatic heterocycles. The number of nitrogens with zero attached hydrogens (tertiary/aromatic N) is 3. The number of carbonyl (C=O) groups is 4. The number of nitrogens with one attached hydrogen (secondary N) is 3. The fourth-order valence-corrected chi connectivity index (χ4v) is 5.76. The first-order chi connectivity index (χ1) is 22.7. The van der Waals surface area contributed by atoms with E-state index in [4.69, 9.17) is 21.1 Å². The Bertz CT molecular complexity index is 1550. The van der Waals surface area contributed by atoms with Crippen LogP contribution in [0.5, 0.6) is 5.75 Å². The maximum atomic E-state index is 13.1. The Morgan fingerprint density at radius 1 is 1.04 bits per heavy atom. The molecule has 2 atom stereocenters. The quantitative estimate of drug-likeness (QED) is 0.124. The molecule has 13 heteroatoms. The van der Waals surface area contributed by atoms with Gasteiger partial charge in [-0.05, 0) is 55.1 Å². The standard InChI is InChI=1S/C34H43ClN6O6/c1-36-15-7-10-28(37-22-42)32(43)38-25-13-11-23(12-14-25)21-46-33(44)39(2)16-17-40(3)34(45)47-30-18-29-31(24(19-35)20-41(29)4)27-9-6-5-8-26(27)30/h5-6,8-9,11-14,18,22,24,28,36H,7,10,15-17,19-21H2,1-4H3,(H,37,42)(H,38,43). The molecule has 0 bridgehead atoms. The predicted molar refractivity (Wildman–Crippen MR) is 183 cm³/mol. The monoisotopic (exact) mass is 666 g/mol. The Hall–Kier alpha value is -4.55. The largest absolute Gasteiger partial charge is 0.445 e. The molecule has 1 aliphatic rings. The van der Waals surface area contributed by atoms with E-state index >= 15 is 0 Å². The number of ether oxygens (including phenoxy) is 2. The molecule has 4 rings (SSSR count). The van der Waals surface area contributed by atoms with Crippen molar-refractivity contribution in [2.24, 2.45) is 0 Å². The molecule has 4 amide bonds. The minimum Gasteiger partial charge on any atom is -0.445 e. The van der Waals surface area contributed by atoms with Crippen molar-refractivity contribution in [3.8, 4) is 5.75 Å². The lowest BCUT2D eigenvalue weighted by Crippen LogP contribution is -2.40. The average molecular weight is 667 g/mol. The van der Waals surface area contributed by atoms with Gasteiger partial charge in [-0.2, -0.15) is 0 Å². The van der Waals surface area contributed by atoms with Crippen molar-refractivity contribution in [2.45, 2.75) is 31.4 Å². The molecule has 1 aliphatic heterocycles. The first kappa shape index (κ1) is 35.3. The summed E-state index contributed by atoms with van der Waals surface area (Å²) in [4.78, 5) is 54.1. The van der Waals surface area contributed by atoms with Crippen molar-refractivity contribution in [3.05, 3.63) is 65.7 Å². The highest BCUT2D eigenvalue weighted by Crippen LogP contribution is 2.44. The third-order valence-corrected chi connectivity index (χ3v) is 8.58. The van der Waals surface area contributed by atoms with Crippen molar-refractivity contribution in [1.82, 2.24) is 20.4 Å². The van der Waals surface area contributed by atoms with Gasteiger partial charge in [0.2, 0.25) is 12.3 Å². The highest BCUT2D eigenvalue weighted by atomic mass is 35.5. The van der Waals surface area contributed by atoms with E-state index in [9.17, 15) is 19.2 Å². The Morgan fingerprint density at radius 3 is 2.38 bits per heavy atom. The van der Waals surface area contributed by atoms with Gasteiger partial charge >= 0.3 is 12.2 Å². The third-order valence-electron chi connectivity index (χ3n) is 8.21. The summed E-state index contributed by atoms with van der Waals surface area (Å²) < 4.78 is 11.3. The van der Waals surface area contributed by atoms with Crippen LogP contribution in [0.15, 0.2) is 54.6 Å². The topological polar surface area (TPSA) is 133 Å². The molecule has 252 valence electrons. The number of fused-ring (bicyclic) bond motifs is 3. The summed E-state index contributed by atoms with van der Waals surface area (Å²) in [6, 6.07) is 16.0. The Morgan fingerprint density at radius 2 is 1.72 bits per heavy atom. The van der Waals surface area contributed by atoms with Gasteiger partial charge in [0.05, 0.1) is 0 Å². The molecule has 1 heterocycles. The zero-order valence-corrected chi connectivity index (χ0v) is 28.0. The number of likely N-dealkylation sites (N-methyl/N-ethyl adjacent to an activating group) is 3. The summed E-state index contributed by atoms with van der Waals surface area (Å²) >= 11 is 6.27. The van der Waals surface area contributed by atoms with Crippen LogP contribution in [0.25, 0.3) is 10.8 Å². The van der Waals surface area contributed by atoms with Gasteiger partial charge in [0.15, 0.2) is 0 Å². The average Bonchev–Trinajstić information content (AvgIpc) is 3.41. The lowest BCUT2D eigenvalue weighted by Gasteiger charge is -2.22. The van der Waals surface area contributed by atoms with E-state index in [1.807, 2.05) is 44.4 Å². The molecule has 0 aliphatic carbocycles. The van der Waals surface area contributed by atoms with E-state index in [-0.39, 0.29) is 31.5 Å². The van der Waals surface area contributed by atoms with Crippen LogP contribution in [-0.2, 0) is 20.9 Å². The highest BCUT2D eigenvalue weighted by Gasteiger charge is 2.30. The number of rotatable bonds is 15. The second-order valence-electron chi connectivity index (χ2n) is 11.6. The van der Waals surface area contributed by atoms with Crippen LogP contribution in [0, 0.1) is 0 Å². The van der Waals surface area contributed by atoms with Crippen molar-refractivity contribution < 1.29 is 28.7 Å². The van der Waals surface area contributed by atoms with Gasteiger partial charge in [-0.25, -0.2) is 9.59 Å². The normalized spacial score (nSPS) is 14.2. The van der Waals surface area contributed by atoms with Gasteiger partial charge in [-0.3, -0.25) is 9.59 Å². The number of benzene rings is 3. The third kappa shape index (κ3) is 9.05. The number of carbonyl (C=O) groups excluding carboxylic acids is 4. The highest BCUT2D eigenvalue weighted by molar-refractivity contribution is 6.18. The zero-order chi connectivity index (χ0) is 33.9. The first-order valence-electron chi connectivity index (χ1n) is 15.5. The molecule has 3 N–H and O–H groups in total. The summed E-state index contributed by atoms with van der Waals surface area (Å²) in [6.45, 7) is 2.01. The minimum absolute atomic E-state index is 0.0268. The van der Waals surface area contributed by atoms with Crippen molar-refractivity contribution >= 4 is 58.3 Å². The van der Waals surface area contributed by atoms with Gasteiger partial charge < -0.3 is 40.1 Å². The molecule has 0 radical (unpaired) electrons. The fourth-order valence-electron chi connectivity index (χ4n) is 5.50. The number of anilines is 2. The molecule has 12 nitrogen and oxygen atoms in total. The summed E-state index contributed by atoms with van der Waals surface area (Å²) in [5.41, 5.74) is 3.45. The van der Waals surface area contributed by atoms with E-state index in [1.54, 1.807) is 38.4 Å². The fraction of sp³-hybridized carbons (Fsp3) is 0.412. The van der Waals surface area contributed by atoms with Gasteiger partial charge in [0.25, 0.3) is 0 Å². The van der Waals surface area contributed by atoms with Crippen molar-refractivity contribution in [3.63, 3.8) is 0 Å². The number of amides is 4. The number of hydrogen-bond donors (Lipinski definition) is 3. The van der Waals surface area contributed by atoms with Crippen LogP contribution in [0.2, 0.25) is 0 Å². The summed E-state index contributed by atoms with van der Waals surface area (Å²) in [7, 11) is 7.04. The van der Waals surface area contributed by atoms with E-state index in [2.05, 4.69) is 20.9 Å². The molecular weight excluding hydrogens is 624 g/mol. The van der Waals surface area contributed by atoms with Crippen LogP contribution in [0.1, 0.15) is 29.9 Å². The number of halogens is 1. The predicted octanol–water partition coefficient (Wildman–Crippen LogP) is 4.36. The maximum Gasteiger partial charge on any atom is 0.415 e. The molecule has 0 spiro atoms. The van der Waals surface area contributed by atoms with E-state index in [0.29, 0.717) is 30.1 Å². The summed E-state index contributed by atoms with van der Waals surface area (Å²) in [6.07, 6.45) is 0.674. The van der Waals surface area contributed by atoms with Crippen LogP contribution in [0.3, 0.4) is 0 Å². The second kappa shape index (κ2) is 16.8. The van der Waals surface area contributed by atoms with Crippen LogP contribution in [0.4, 0.5) is 21.0 Å². The number of hydrogen-bond acceptors (Lipinski definition) is 8. The van der Waals surface area contributed by atoms with E-state index < -0.39 is 18.2 Å². The molecule has 3 aromatic carbocycles. The van der Waals surface area contributed by atoms with Gasteiger partial charge in [0, 0.05) is 75.4 Å². The molecule has 0 saturated carbocycles. The van der Waals surface area contributed by atoms with Crippen molar-refractivity contribution in [1.29, 1.82) is 0 Å². The smallest absolute Gasteiger partial charge is 0.415 e. The lowest BCUT2D eigenvalue weighted by molar-refractivity contribution is -0.121. The molecule has 2 unspecified atom stereocenters. The van der Waals surface area contributed by atoms with E-state index in [0.717, 1.165) is 41.5 Å². The minimum atomic E-state index is -0.636. The second-order valence-corrected chi connectivity index (χ2v) is 11.9.